The van der Waals surface area contributed by atoms with Crippen molar-refractivity contribution in [1.29, 1.82) is 0 Å². The van der Waals surface area contributed by atoms with Gasteiger partial charge >= 0.3 is 0 Å². The molecule has 12 heteroatoms. The Kier molecular flexibility index (Phi) is 8.17. The minimum Gasteiger partial charge on any atom is -0.503 e. The van der Waals surface area contributed by atoms with Crippen molar-refractivity contribution < 1.29 is 33.0 Å². The van der Waals surface area contributed by atoms with Crippen molar-refractivity contribution in [3.8, 4) is 11.5 Å². The first kappa shape index (κ1) is 27.4. The Morgan fingerprint density at radius 1 is 1.10 bits per heavy atom. The van der Waals surface area contributed by atoms with Crippen molar-refractivity contribution in [3.05, 3.63) is 94.9 Å². The maximum atomic E-state index is 14.1. The van der Waals surface area contributed by atoms with Gasteiger partial charge in [-0.1, -0.05) is 47.4 Å². The molecule has 1 aliphatic rings. The molecule has 0 bridgehead atoms. The van der Waals surface area contributed by atoms with E-state index in [4.69, 9.17) is 13.9 Å². The summed E-state index contributed by atoms with van der Waals surface area (Å²) in [7, 11) is 0. The van der Waals surface area contributed by atoms with Gasteiger partial charge in [0, 0.05) is 5.75 Å². The zero-order valence-corrected chi connectivity index (χ0v) is 23.1. The minimum absolute atomic E-state index is 0.0319. The summed E-state index contributed by atoms with van der Waals surface area (Å²) in [6, 6.07) is 13.4. The molecule has 1 unspecified atom stereocenters. The average Bonchev–Trinajstić information content (AvgIpc) is 3.70. The van der Waals surface area contributed by atoms with Gasteiger partial charge in [0.25, 0.3) is 5.91 Å². The summed E-state index contributed by atoms with van der Waals surface area (Å²) in [4.78, 5) is 28.2. The standard InChI is InChI=1S/C28H24FN3O6S2/c1-3-36-19-12-11-16(14-21(19)37-4-2)23-22(24(33)20-10-7-13-38-20)25(34)26(35)32(23)27-30-31-28(40-27)39-15-17-8-5-6-9-18(17)29/h5-14,23,34H,3-4,15H2,1-2H3. The SMILES string of the molecule is CCOc1ccc(C2C(C(=O)c3ccco3)=C(O)C(=O)N2c2nnc(SCc3ccccc3F)s2)cc1OCC. The van der Waals surface area contributed by atoms with Crippen LogP contribution in [-0.2, 0) is 10.5 Å². The molecular weight excluding hydrogens is 557 g/mol. The molecule has 2 aromatic carbocycles. The van der Waals surface area contributed by atoms with Crippen LogP contribution in [0, 0.1) is 5.82 Å². The van der Waals surface area contributed by atoms with Crippen LogP contribution in [0.5, 0.6) is 11.5 Å². The van der Waals surface area contributed by atoms with Gasteiger partial charge in [-0.3, -0.25) is 14.5 Å². The molecule has 0 saturated carbocycles. The third-order valence-electron chi connectivity index (χ3n) is 5.99. The summed E-state index contributed by atoms with van der Waals surface area (Å²) in [5.41, 5.74) is 0.820. The topological polar surface area (TPSA) is 115 Å². The Balaban J connectivity index is 1.54. The van der Waals surface area contributed by atoms with E-state index in [1.54, 1.807) is 42.5 Å². The predicted molar refractivity (Wildman–Crippen MR) is 148 cm³/mol. The van der Waals surface area contributed by atoms with E-state index >= 15 is 0 Å². The van der Waals surface area contributed by atoms with E-state index in [0.717, 1.165) is 11.3 Å². The van der Waals surface area contributed by atoms with Crippen molar-refractivity contribution in [2.45, 2.75) is 30.0 Å². The molecule has 0 saturated heterocycles. The molecule has 0 fully saturated rings. The highest BCUT2D eigenvalue weighted by atomic mass is 32.2. The van der Waals surface area contributed by atoms with E-state index < -0.39 is 23.5 Å². The lowest BCUT2D eigenvalue weighted by molar-refractivity contribution is -0.117. The lowest BCUT2D eigenvalue weighted by Gasteiger charge is -2.24. The molecule has 206 valence electrons. The van der Waals surface area contributed by atoms with E-state index in [2.05, 4.69) is 10.2 Å². The highest BCUT2D eigenvalue weighted by molar-refractivity contribution is 8.00. The molecule has 0 radical (unpaired) electrons. The molecule has 2 aromatic heterocycles. The Morgan fingerprint density at radius 2 is 1.88 bits per heavy atom. The second-order valence-electron chi connectivity index (χ2n) is 8.45. The van der Waals surface area contributed by atoms with E-state index in [1.807, 2.05) is 13.8 Å². The monoisotopic (exact) mass is 581 g/mol. The maximum absolute atomic E-state index is 14.1. The van der Waals surface area contributed by atoms with Gasteiger partial charge in [-0.05, 0) is 55.3 Å². The summed E-state index contributed by atoms with van der Waals surface area (Å²) in [6.07, 6.45) is 1.34. The zero-order chi connectivity index (χ0) is 28.2. The van der Waals surface area contributed by atoms with E-state index in [-0.39, 0.29) is 22.3 Å². The molecule has 1 N–H and O–H groups in total. The number of hydrogen-bond acceptors (Lipinski definition) is 10. The van der Waals surface area contributed by atoms with Gasteiger partial charge in [-0.15, -0.1) is 10.2 Å². The van der Waals surface area contributed by atoms with Crippen molar-refractivity contribution in [2.24, 2.45) is 0 Å². The third-order valence-corrected chi connectivity index (χ3v) is 8.10. The molecule has 1 aliphatic heterocycles. The quantitative estimate of drug-likeness (QED) is 0.127. The van der Waals surface area contributed by atoms with Crippen LogP contribution in [0.4, 0.5) is 9.52 Å². The second kappa shape index (κ2) is 11.9. The molecule has 1 amide bonds. The number of hydrogen-bond donors (Lipinski definition) is 1. The van der Waals surface area contributed by atoms with E-state index in [1.165, 1.54) is 35.1 Å². The largest absolute Gasteiger partial charge is 0.503 e. The minimum atomic E-state index is -1.06. The summed E-state index contributed by atoms with van der Waals surface area (Å²) in [5.74, 6) is -1.30. The number of aromatic nitrogens is 2. The number of halogens is 1. The first-order chi connectivity index (χ1) is 19.4. The van der Waals surface area contributed by atoms with Gasteiger partial charge in [0.05, 0.1) is 31.1 Å². The Bertz CT molecular complexity index is 1570. The number of aliphatic hydroxyl groups is 1. The molecule has 0 aliphatic carbocycles. The summed E-state index contributed by atoms with van der Waals surface area (Å²) >= 11 is 2.35. The number of furan rings is 1. The van der Waals surface area contributed by atoms with E-state index in [9.17, 15) is 19.1 Å². The fourth-order valence-corrected chi connectivity index (χ4v) is 6.10. The number of ether oxygens (including phenoxy) is 2. The molecule has 9 nitrogen and oxygen atoms in total. The number of ketones is 1. The number of rotatable bonds is 11. The number of benzene rings is 2. The van der Waals surface area contributed by atoms with Crippen LogP contribution in [0.1, 0.15) is 41.6 Å². The average molecular weight is 582 g/mol. The number of carbonyl (C=O) groups excluding carboxylic acids is 2. The Hall–Kier alpha value is -4.16. The first-order valence-electron chi connectivity index (χ1n) is 12.4. The highest BCUT2D eigenvalue weighted by Gasteiger charge is 2.47. The van der Waals surface area contributed by atoms with Crippen LogP contribution in [0.25, 0.3) is 0 Å². The third kappa shape index (κ3) is 5.32. The number of Topliss-reactive ketones (excluding diaryl/α,β-unsaturated/α-hetero) is 1. The smallest absolute Gasteiger partial charge is 0.296 e. The van der Waals surface area contributed by atoms with Crippen molar-refractivity contribution in [1.82, 2.24) is 10.2 Å². The van der Waals surface area contributed by atoms with Gasteiger partial charge in [0.1, 0.15) is 5.82 Å². The fraction of sp³-hybridized carbons (Fsp3) is 0.214. The van der Waals surface area contributed by atoms with Crippen molar-refractivity contribution >= 4 is 39.9 Å². The van der Waals surface area contributed by atoms with Crippen molar-refractivity contribution in [3.63, 3.8) is 0 Å². The maximum Gasteiger partial charge on any atom is 0.296 e. The Labute approximate surface area is 237 Å². The Morgan fingerprint density at radius 3 is 2.60 bits per heavy atom. The number of thioether (sulfide) groups is 1. The predicted octanol–water partition coefficient (Wildman–Crippen LogP) is 6.14. The van der Waals surface area contributed by atoms with E-state index in [0.29, 0.717) is 45.9 Å². The highest BCUT2D eigenvalue weighted by Crippen LogP contribution is 2.45. The second-order valence-corrected chi connectivity index (χ2v) is 10.6. The van der Waals surface area contributed by atoms with Gasteiger partial charge < -0.3 is 19.0 Å². The molecule has 40 heavy (non-hydrogen) atoms. The normalized spacial score (nSPS) is 15.1. The summed E-state index contributed by atoms with van der Waals surface area (Å²) in [5, 5.41) is 19.5. The molecular formula is C28H24FN3O6S2. The van der Waals surface area contributed by atoms with Crippen LogP contribution in [0.2, 0.25) is 0 Å². The van der Waals surface area contributed by atoms with Crippen molar-refractivity contribution in [2.75, 3.05) is 18.1 Å². The summed E-state index contributed by atoms with van der Waals surface area (Å²) in [6.45, 7) is 4.44. The number of anilines is 1. The van der Waals surface area contributed by atoms with Crippen LogP contribution < -0.4 is 14.4 Å². The molecule has 1 atom stereocenters. The number of nitrogens with zero attached hydrogens (tertiary/aromatic N) is 3. The fourth-order valence-electron chi connectivity index (χ4n) is 4.24. The molecule has 4 aromatic rings. The van der Waals surface area contributed by atoms with Crippen LogP contribution in [-0.4, -0.2) is 40.2 Å². The van der Waals surface area contributed by atoms with Crippen LogP contribution in [0.15, 0.2) is 80.9 Å². The molecule has 3 heterocycles. The first-order valence-corrected chi connectivity index (χ1v) is 14.2. The van der Waals surface area contributed by atoms with Gasteiger partial charge in [-0.25, -0.2) is 4.39 Å². The lowest BCUT2D eigenvalue weighted by atomic mass is 9.95. The number of amides is 1. The molecule has 0 spiro atoms. The van der Waals surface area contributed by atoms with Gasteiger partial charge in [-0.2, -0.15) is 0 Å². The van der Waals surface area contributed by atoms with Gasteiger partial charge in [0.15, 0.2) is 27.4 Å². The van der Waals surface area contributed by atoms with Crippen LogP contribution in [0.3, 0.4) is 0 Å². The zero-order valence-electron chi connectivity index (χ0n) is 21.5. The number of carbonyl (C=O) groups is 2. The van der Waals surface area contributed by atoms with Gasteiger partial charge in [0.2, 0.25) is 10.9 Å². The summed E-state index contributed by atoms with van der Waals surface area (Å²) < 4.78 is 31.3. The lowest BCUT2D eigenvalue weighted by Crippen LogP contribution is -2.31. The number of aliphatic hydroxyl groups excluding tert-OH is 1. The molecule has 5 rings (SSSR count). The van der Waals surface area contributed by atoms with Crippen LogP contribution >= 0.6 is 23.1 Å².